The number of hydrogen-bond donors (Lipinski definition) is 1. The normalized spacial score (nSPS) is 14.1. The van der Waals surface area contributed by atoms with E-state index in [2.05, 4.69) is 31.9 Å². The van der Waals surface area contributed by atoms with Crippen LogP contribution >= 0.6 is 23.1 Å². The Bertz CT molecular complexity index is 1140. The number of carbonyl (C=O) groups is 1. The molecule has 1 fully saturated rings. The number of benzene rings is 1. The third-order valence-electron chi connectivity index (χ3n) is 4.75. The van der Waals surface area contributed by atoms with E-state index in [1.165, 1.54) is 11.8 Å². The second-order valence-corrected chi connectivity index (χ2v) is 9.01. The van der Waals surface area contributed by atoms with Crippen molar-refractivity contribution in [1.82, 2.24) is 19.7 Å². The summed E-state index contributed by atoms with van der Waals surface area (Å²) in [5.41, 5.74) is 2.16. The molecule has 0 spiro atoms. The fraction of sp³-hybridized carbons (Fsp3) is 0.250. The van der Waals surface area contributed by atoms with Crippen LogP contribution in [-0.4, -0.2) is 31.3 Å². The highest BCUT2D eigenvalue weighted by Gasteiger charge is 2.31. The van der Waals surface area contributed by atoms with Crippen molar-refractivity contribution in [3.8, 4) is 11.4 Å². The van der Waals surface area contributed by atoms with Gasteiger partial charge in [-0.3, -0.25) is 9.36 Å². The summed E-state index contributed by atoms with van der Waals surface area (Å²) in [4.78, 5) is 17.8. The Kier molecular flexibility index (Phi) is 4.13. The molecule has 0 radical (unpaired) electrons. The summed E-state index contributed by atoms with van der Waals surface area (Å²) in [5, 5.41) is 10.9. The SMILES string of the molecule is Cc1ccc(C(=O)CSc2nnc(-c3c[nH]c4ccccc34)n2C2CC2)s1. The maximum absolute atomic E-state index is 12.5. The molecule has 1 aliphatic rings. The number of aromatic nitrogens is 4. The van der Waals surface area contributed by atoms with Crippen LogP contribution in [0.15, 0.2) is 47.8 Å². The second-order valence-electron chi connectivity index (χ2n) is 6.78. The summed E-state index contributed by atoms with van der Waals surface area (Å²) >= 11 is 3.04. The minimum absolute atomic E-state index is 0.150. The van der Waals surface area contributed by atoms with Gasteiger partial charge in [0.05, 0.1) is 10.6 Å². The molecule has 1 saturated carbocycles. The summed E-state index contributed by atoms with van der Waals surface area (Å²) in [6, 6.07) is 12.6. The van der Waals surface area contributed by atoms with Gasteiger partial charge in [0.25, 0.3) is 0 Å². The summed E-state index contributed by atoms with van der Waals surface area (Å²) in [6.45, 7) is 2.02. The van der Waals surface area contributed by atoms with Gasteiger partial charge in [0.15, 0.2) is 16.8 Å². The van der Waals surface area contributed by atoms with Crippen LogP contribution in [0, 0.1) is 6.92 Å². The van der Waals surface area contributed by atoms with Gasteiger partial charge in [-0.05, 0) is 38.0 Å². The minimum Gasteiger partial charge on any atom is -0.360 e. The topological polar surface area (TPSA) is 63.6 Å². The van der Waals surface area contributed by atoms with Gasteiger partial charge in [0.1, 0.15) is 0 Å². The second kappa shape index (κ2) is 6.65. The summed E-state index contributed by atoms with van der Waals surface area (Å²) < 4.78 is 2.22. The number of nitrogens with one attached hydrogen (secondary N) is 1. The van der Waals surface area contributed by atoms with Gasteiger partial charge < -0.3 is 4.98 Å². The molecule has 0 aliphatic heterocycles. The molecule has 3 aromatic heterocycles. The Morgan fingerprint density at radius 3 is 2.89 bits per heavy atom. The zero-order valence-electron chi connectivity index (χ0n) is 14.8. The molecule has 0 unspecified atom stereocenters. The third kappa shape index (κ3) is 3.11. The Morgan fingerprint density at radius 1 is 1.26 bits per heavy atom. The van der Waals surface area contributed by atoms with E-state index < -0.39 is 0 Å². The number of carbonyl (C=O) groups excluding carboxylic acids is 1. The minimum atomic E-state index is 0.150. The van der Waals surface area contributed by atoms with Crippen molar-refractivity contribution in [1.29, 1.82) is 0 Å². The van der Waals surface area contributed by atoms with Gasteiger partial charge in [-0.15, -0.1) is 21.5 Å². The van der Waals surface area contributed by atoms with Crippen LogP contribution in [0.4, 0.5) is 0 Å². The number of thiophene rings is 1. The number of ketones is 1. The Labute approximate surface area is 164 Å². The maximum atomic E-state index is 12.5. The molecule has 3 heterocycles. The van der Waals surface area contributed by atoms with Crippen LogP contribution in [0.1, 0.15) is 33.4 Å². The number of H-pyrrole nitrogens is 1. The fourth-order valence-electron chi connectivity index (χ4n) is 3.26. The van der Waals surface area contributed by atoms with Crippen molar-refractivity contribution in [3.63, 3.8) is 0 Å². The molecule has 5 rings (SSSR count). The van der Waals surface area contributed by atoms with Crippen LogP contribution in [-0.2, 0) is 0 Å². The number of aryl methyl sites for hydroxylation is 1. The largest absolute Gasteiger partial charge is 0.360 e. The highest BCUT2D eigenvalue weighted by atomic mass is 32.2. The Morgan fingerprint density at radius 2 is 2.11 bits per heavy atom. The summed E-state index contributed by atoms with van der Waals surface area (Å²) in [6.07, 6.45) is 4.28. The van der Waals surface area contributed by atoms with Gasteiger partial charge in [-0.25, -0.2) is 0 Å². The van der Waals surface area contributed by atoms with Gasteiger partial charge >= 0.3 is 0 Å². The summed E-state index contributed by atoms with van der Waals surface area (Å²) in [5.74, 6) is 1.42. The summed E-state index contributed by atoms with van der Waals surface area (Å²) in [7, 11) is 0. The number of thioether (sulfide) groups is 1. The Balaban J connectivity index is 1.45. The molecule has 0 atom stereocenters. The lowest BCUT2D eigenvalue weighted by molar-refractivity contribution is 0.102. The zero-order chi connectivity index (χ0) is 18.4. The molecular weight excluding hydrogens is 376 g/mol. The van der Waals surface area contributed by atoms with E-state index in [9.17, 15) is 4.79 Å². The highest BCUT2D eigenvalue weighted by Crippen LogP contribution is 2.42. The van der Waals surface area contributed by atoms with E-state index >= 15 is 0 Å². The lowest BCUT2D eigenvalue weighted by atomic mass is 10.1. The van der Waals surface area contributed by atoms with Crippen molar-refractivity contribution in [2.75, 3.05) is 5.75 Å². The third-order valence-corrected chi connectivity index (χ3v) is 6.74. The molecule has 1 aliphatic carbocycles. The van der Waals surface area contributed by atoms with E-state index in [0.29, 0.717) is 11.8 Å². The van der Waals surface area contributed by atoms with Crippen LogP contribution in [0.2, 0.25) is 0 Å². The van der Waals surface area contributed by atoms with E-state index in [1.807, 2.05) is 37.4 Å². The lowest BCUT2D eigenvalue weighted by Gasteiger charge is -2.08. The molecule has 4 aromatic rings. The van der Waals surface area contributed by atoms with Gasteiger partial charge in [-0.1, -0.05) is 30.0 Å². The highest BCUT2D eigenvalue weighted by molar-refractivity contribution is 7.99. The maximum Gasteiger partial charge on any atom is 0.192 e. The van der Waals surface area contributed by atoms with Crippen LogP contribution in [0.5, 0.6) is 0 Å². The monoisotopic (exact) mass is 394 g/mol. The predicted octanol–water partition coefficient (Wildman–Crippen LogP) is 5.11. The van der Waals surface area contributed by atoms with Crippen molar-refractivity contribution < 1.29 is 4.79 Å². The molecule has 7 heteroatoms. The number of nitrogens with zero attached hydrogens (tertiary/aromatic N) is 3. The predicted molar refractivity (Wildman–Crippen MR) is 110 cm³/mol. The first-order chi connectivity index (χ1) is 13.2. The van der Waals surface area contributed by atoms with Gasteiger partial charge in [0.2, 0.25) is 0 Å². The smallest absolute Gasteiger partial charge is 0.192 e. The molecule has 0 saturated heterocycles. The van der Waals surface area contributed by atoms with Crippen molar-refractivity contribution in [2.45, 2.75) is 31.0 Å². The average Bonchev–Trinajstić information content (AvgIpc) is 3.09. The van der Waals surface area contributed by atoms with E-state index in [-0.39, 0.29) is 5.78 Å². The average molecular weight is 395 g/mol. The van der Waals surface area contributed by atoms with Crippen LogP contribution < -0.4 is 0 Å². The van der Waals surface area contributed by atoms with E-state index in [1.54, 1.807) is 11.3 Å². The van der Waals surface area contributed by atoms with Crippen molar-refractivity contribution in [2.24, 2.45) is 0 Å². The lowest BCUT2D eigenvalue weighted by Crippen LogP contribution is -2.03. The van der Waals surface area contributed by atoms with Crippen LogP contribution in [0.3, 0.4) is 0 Å². The molecule has 0 bridgehead atoms. The first kappa shape index (κ1) is 16.8. The first-order valence-electron chi connectivity index (χ1n) is 8.94. The number of hydrogen-bond acceptors (Lipinski definition) is 5. The zero-order valence-corrected chi connectivity index (χ0v) is 16.4. The first-order valence-corrected chi connectivity index (χ1v) is 10.7. The Hall–Kier alpha value is -2.38. The van der Waals surface area contributed by atoms with Gasteiger partial charge in [-0.2, -0.15) is 0 Å². The molecule has 1 N–H and O–H groups in total. The number of aromatic amines is 1. The number of Topliss-reactive ketones (excluding diaryl/α,β-unsaturated/α-hetero) is 1. The van der Waals surface area contributed by atoms with E-state index in [4.69, 9.17) is 0 Å². The number of para-hydroxylation sites is 1. The van der Waals surface area contributed by atoms with Gasteiger partial charge in [0, 0.05) is 33.6 Å². The molecule has 27 heavy (non-hydrogen) atoms. The molecule has 5 nitrogen and oxygen atoms in total. The van der Waals surface area contributed by atoms with E-state index in [0.717, 1.165) is 50.0 Å². The molecule has 1 aromatic carbocycles. The fourth-order valence-corrected chi connectivity index (χ4v) is 5.05. The van der Waals surface area contributed by atoms with Crippen LogP contribution in [0.25, 0.3) is 22.3 Å². The molecule has 0 amide bonds. The number of fused-ring (bicyclic) bond motifs is 1. The quantitative estimate of drug-likeness (QED) is 0.365. The number of rotatable bonds is 6. The molecular formula is C20H18N4OS2. The molecule has 136 valence electrons. The van der Waals surface area contributed by atoms with Crippen molar-refractivity contribution >= 4 is 39.8 Å². The van der Waals surface area contributed by atoms with Crippen molar-refractivity contribution in [3.05, 3.63) is 52.3 Å². The standard InChI is InChI=1S/C20H18N4OS2/c1-12-6-9-18(27-12)17(25)11-26-20-23-22-19(24(20)13-7-8-13)15-10-21-16-5-3-2-4-14(15)16/h2-6,9-10,13,21H,7-8,11H2,1H3.